The van der Waals surface area contributed by atoms with E-state index in [1.165, 1.54) is 0 Å². The van der Waals surface area contributed by atoms with Crippen molar-refractivity contribution >= 4 is 5.91 Å². The van der Waals surface area contributed by atoms with Gasteiger partial charge in [-0.25, -0.2) is 0 Å². The lowest BCUT2D eigenvalue weighted by molar-refractivity contribution is -0.149. The summed E-state index contributed by atoms with van der Waals surface area (Å²) in [6, 6.07) is 9.12. The Morgan fingerprint density at radius 1 is 1.09 bits per heavy atom. The Bertz CT molecular complexity index is 455. The van der Waals surface area contributed by atoms with Crippen LogP contribution in [-0.4, -0.2) is 68.5 Å². The number of carbonyl (C=O) groups excluding carboxylic acids is 1. The second kappa shape index (κ2) is 8.82. The minimum absolute atomic E-state index is 0.295. The number of amides is 1. The summed E-state index contributed by atoms with van der Waals surface area (Å²) in [7, 11) is 0. The lowest BCUT2D eigenvalue weighted by Crippen LogP contribution is -2.53. The van der Waals surface area contributed by atoms with E-state index in [0.29, 0.717) is 6.42 Å². The van der Waals surface area contributed by atoms with Gasteiger partial charge in [0.05, 0.1) is 6.61 Å². The average molecular weight is 313 g/mol. The lowest BCUT2D eigenvalue weighted by Gasteiger charge is -2.26. The fraction of sp³-hybridized carbons (Fsp3) is 0.533. The SMILES string of the molecule is C[C@@H](Cc1ccccc1)NC(=O)[C@@H](O)[C@H](O)[C@H](O)[C@H](O)CO. The average Bonchev–Trinajstić information content (AvgIpc) is 2.52. The Kier molecular flexibility index (Phi) is 7.43. The predicted octanol–water partition coefficient (Wildman–Crippen LogP) is -1.83. The number of aliphatic hydroxyl groups excluding tert-OH is 5. The molecule has 1 aromatic rings. The minimum Gasteiger partial charge on any atom is -0.394 e. The highest BCUT2D eigenvalue weighted by Gasteiger charge is 2.34. The van der Waals surface area contributed by atoms with Gasteiger partial charge < -0.3 is 30.8 Å². The topological polar surface area (TPSA) is 130 Å². The molecule has 0 saturated carbocycles. The molecule has 0 spiro atoms. The first-order valence-corrected chi connectivity index (χ1v) is 7.04. The second-order valence-corrected chi connectivity index (χ2v) is 5.28. The molecule has 0 aliphatic heterocycles. The van der Waals surface area contributed by atoms with Crippen LogP contribution in [0.15, 0.2) is 30.3 Å². The van der Waals surface area contributed by atoms with E-state index < -0.39 is 36.9 Å². The number of hydrogen-bond acceptors (Lipinski definition) is 6. The largest absolute Gasteiger partial charge is 0.394 e. The van der Waals surface area contributed by atoms with Gasteiger partial charge in [0.2, 0.25) is 0 Å². The number of hydrogen-bond donors (Lipinski definition) is 6. The van der Waals surface area contributed by atoms with E-state index in [-0.39, 0.29) is 6.04 Å². The monoisotopic (exact) mass is 313 g/mol. The van der Waals surface area contributed by atoms with E-state index in [4.69, 9.17) is 5.11 Å². The molecule has 0 fully saturated rings. The maximum atomic E-state index is 11.8. The normalized spacial score (nSPS) is 18.1. The first-order chi connectivity index (χ1) is 10.4. The molecule has 0 bridgehead atoms. The molecule has 5 atom stereocenters. The van der Waals surface area contributed by atoms with Gasteiger partial charge in [-0.3, -0.25) is 4.79 Å². The van der Waals surface area contributed by atoms with Crippen molar-refractivity contribution in [1.29, 1.82) is 0 Å². The van der Waals surface area contributed by atoms with E-state index in [0.717, 1.165) is 5.56 Å². The Labute approximate surface area is 128 Å². The summed E-state index contributed by atoms with van der Waals surface area (Å²) in [5.41, 5.74) is 1.00. The zero-order valence-corrected chi connectivity index (χ0v) is 12.3. The molecule has 124 valence electrons. The molecule has 0 aromatic heterocycles. The zero-order valence-electron chi connectivity index (χ0n) is 12.3. The highest BCUT2D eigenvalue weighted by atomic mass is 16.4. The quantitative estimate of drug-likeness (QED) is 0.335. The summed E-state index contributed by atoms with van der Waals surface area (Å²) >= 11 is 0. The molecule has 0 unspecified atom stereocenters. The van der Waals surface area contributed by atoms with Crippen molar-refractivity contribution in [1.82, 2.24) is 5.32 Å². The molecule has 7 nitrogen and oxygen atoms in total. The van der Waals surface area contributed by atoms with Crippen molar-refractivity contribution in [2.24, 2.45) is 0 Å². The number of aliphatic hydroxyl groups is 5. The van der Waals surface area contributed by atoms with Crippen LogP contribution < -0.4 is 5.32 Å². The summed E-state index contributed by atoms with van der Waals surface area (Å²) in [5.74, 6) is -0.861. The van der Waals surface area contributed by atoms with E-state index >= 15 is 0 Å². The fourth-order valence-corrected chi connectivity index (χ4v) is 2.02. The maximum absolute atomic E-state index is 11.8. The summed E-state index contributed by atoms with van der Waals surface area (Å²) in [6.07, 6.45) is -6.73. The van der Waals surface area contributed by atoms with Crippen molar-refractivity contribution in [3.8, 4) is 0 Å². The number of benzene rings is 1. The highest BCUT2D eigenvalue weighted by Crippen LogP contribution is 2.07. The summed E-state index contributed by atoms with van der Waals surface area (Å²) in [6.45, 7) is 0.944. The summed E-state index contributed by atoms with van der Waals surface area (Å²) in [4.78, 5) is 11.8. The summed E-state index contributed by atoms with van der Waals surface area (Å²) < 4.78 is 0. The Morgan fingerprint density at radius 3 is 2.23 bits per heavy atom. The molecule has 0 aliphatic carbocycles. The number of carbonyl (C=O) groups is 1. The Balaban J connectivity index is 2.52. The maximum Gasteiger partial charge on any atom is 0.251 e. The molecule has 6 N–H and O–H groups in total. The molecule has 0 saturated heterocycles. The number of nitrogens with one attached hydrogen (secondary N) is 1. The van der Waals surface area contributed by atoms with Crippen LogP contribution in [0.5, 0.6) is 0 Å². The third-order valence-electron chi connectivity index (χ3n) is 3.30. The van der Waals surface area contributed by atoms with Crippen LogP contribution in [0.2, 0.25) is 0 Å². The van der Waals surface area contributed by atoms with Crippen LogP contribution in [0, 0.1) is 0 Å². The van der Waals surface area contributed by atoms with Crippen molar-refractivity contribution in [2.75, 3.05) is 6.61 Å². The minimum atomic E-state index is -1.91. The highest BCUT2D eigenvalue weighted by molar-refractivity contribution is 5.81. The van der Waals surface area contributed by atoms with Crippen LogP contribution in [0.25, 0.3) is 0 Å². The number of rotatable bonds is 8. The smallest absolute Gasteiger partial charge is 0.251 e. The summed E-state index contributed by atoms with van der Waals surface area (Å²) in [5, 5.41) is 49.2. The van der Waals surface area contributed by atoms with Crippen molar-refractivity contribution in [3.05, 3.63) is 35.9 Å². The third-order valence-corrected chi connectivity index (χ3v) is 3.30. The molecule has 1 aromatic carbocycles. The first-order valence-electron chi connectivity index (χ1n) is 7.04. The fourth-order valence-electron chi connectivity index (χ4n) is 2.02. The molecule has 22 heavy (non-hydrogen) atoms. The second-order valence-electron chi connectivity index (χ2n) is 5.28. The molecule has 7 heteroatoms. The van der Waals surface area contributed by atoms with Crippen LogP contribution in [0.1, 0.15) is 12.5 Å². The van der Waals surface area contributed by atoms with E-state index in [1.807, 2.05) is 30.3 Å². The van der Waals surface area contributed by atoms with Crippen LogP contribution >= 0.6 is 0 Å². The van der Waals surface area contributed by atoms with Crippen LogP contribution in [0.3, 0.4) is 0 Å². The molecule has 0 radical (unpaired) electrons. The zero-order chi connectivity index (χ0) is 16.7. The Hall–Kier alpha value is -1.51. The standard InChI is InChI=1S/C15H23NO6/c1-9(7-10-5-3-2-4-6-10)16-15(22)14(21)13(20)12(19)11(18)8-17/h2-6,9,11-14,17-21H,7-8H2,1H3,(H,16,22)/t9-,11+,12+,13+,14-/m0/s1. The first kappa shape index (κ1) is 18.5. The van der Waals surface area contributed by atoms with Gasteiger partial charge in [0.25, 0.3) is 5.91 Å². The Morgan fingerprint density at radius 2 is 1.68 bits per heavy atom. The lowest BCUT2D eigenvalue weighted by atomic mass is 10.0. The van der Waals surface area contributed by atoms with Gasteiger partial charge in [0.15, 0.2) is 6.10 Å². The van der Waals surface area contributed by atoms with Crippen molar-refractivity contribution < 1.29 is 30.3 Å². The molecular formula is C15H23NO6. The van der Waals surface area contributed by atoms with Gasteiger partial charge in [0.1, 0.15) is 18.3 Å². The predicted molar refractivity (Wildman–Crippen MR) is 78.9 cm³/mol. The van der Waals surface area contributed by atoms with Crippen LogP contribution in [0.4, 0.5) is 0 Å². The van der Waals surface area contributed by atoms with Gasteiger partial charge >= 0.3 is 0 Å². The van der Waals surface area contributed by atoms with Gasteiger partial charge in [-0.2, -0.15) is 0 Å². The third kappa shape index (κ3) is 5.36. The molecule has 0 aliphatic rings. The van der Waals surface area contributed by atoms with E-state index in [1.54, 1.807) is 6.92 Å². The van der Waals surface area contributed by atoms with Crippen LogP contribution in [-0.2, 0) is 11.2 Å². The van der Waals surface area contributed by atoms with Crippen molar-refractivity contribution in [2.45, 2.75) is 43.8 Å². The van der Waals surface area contributed by atoms with Gasteiger partial charge in [-0.15, -0.1) is 0 Å². The molecule has 1 rings (SSSR count). The molecule has 0 heterocycles. The van der Waals surface area contributed by atoms with Gasteiger partial charge in [-0.05, 0) is 18.9 Å². The van der Waals surface area contributed by atoms with E-state index in [2.05, 4.69) is 5.32 Å². The van der Waals surface area contributed by atoms with Crippen molar-refractivity contribution in [3.63, 3.8) is 0 Å². The van der Waals surface area contributed by atoms with E-state index in [9.17, 15) is 25.2 Å². The molecular weight excluding hydrogens is 290 g/mol. The molecule has 1 amide bonds. The van der Waals surface area contributed by atoms with Gasteiger partial charge in [-0.1, -0.05) is 30.3 Å². The van der Waals surface area contributed by atoms with Gasteiger partial charge in [0, 0.05) is 6.04 Å².